The second-order valence-corrected chi connectivity index (χ2v) is 31.8. The molecule has 3 aromatic carbocycles. The van der Waals surface area contributed by atoms with Gasteiger partial charge in [0.2, 0.25) is 0 Å². The summed E-state index contributed by atoms with van der Waals surface area (Å²) in [5, 5.41) is 18.3. The van der Waals surface area contributed by atoms with Gasteiger partial charge in [0.25, 0.3) is 0 Å². The molecule has 0 bridgehead atoms. The minimum atomic E-state index is -0.160. The van der Waals surface area contributed by atoms with Gasteiger partial charge in [0.15, 0.2) is 17.9 Å². The van der Waals surface area contributed by atoms with E-state index in [9.17, 15) is 5.11 Å². The van der Waals surface area contributed by atoms with E-state index in [1.165, 1.54) is 51.1 Å². The van der Waals surface area contributed by atoms with E-state index in [0.29, 0.717) is 28.1 Å². The van der Waals surface area contributed by atoms with Crippen LogP contribution in [0.4, 0.5) is 0 Å². The van der Waals surface area contributed by atoms with Gasteiger partial charge in [-0.15, -0.1) is 0 Å². The maximum atomic E-state index is 9.52. The SMILES string of the molecule is CC(C)(C)Cc1ccccn1.CC(C)(C)Cc1cccnc1.CC(C)(C)Cc1ccncc1.CC(C)(C)[n+]1ccccc1.CC(C)(C)c1cccnc1.CC(C)(C)c1ccncc1.CC(CO)Cc1ccccc1.CCC.CCCOc1ccccc1.C[C@@H]1c2ccccc2CC1O. The summed E-state index contributed by atoms with van der Waals surface area (Å²) in [7, 11) is 0. The molecule has 6 aromatic heterocycles. The molecule has 6 heterocycles. The van der Waals surface area contributed by atoms with Crippen molar-refractivity contribution in [3.05, 3.63) is 283 Å². The summed E-state index contributed by atoms with van der Waals surface area (Å²) in [5.74, 6) is 1.66. The summed E-state index contributed by atoms with van der Waals surface area (Å²) in [4.78, 5) is 20.3. The van der Waals surface area contributed by atoms with E-state index in [0.717, 1.165) is 50.9 Å². The normalized spacial score (nSPS) is 13.2. The summed E-state index contributed by atoms with van der Waals surface area (Å²) in [6.07, 6.45) is 28.1. The Bertz CT molecular complexity index is 3060. The third kappa shape index (κ3) is 45.0. The Morgan fingerprint density at radius 2 is 0.939 bits per heavy atom. The fraction of sp³-hybridized carbons (Fsp3) is 0.461. The van der Waals surface area contributed by atoms with E-state index in [4.69, 9.17) is 9.84 Å². The highest BCUT2D eigenvalue weighted by molar-refractivity contribution is 5.36. The molecule has 9 heteroatoms. The van der Waals surface area contributed by atoms with Crippen molar-refractivity contribution in [1.29, 1.82) is 0 Å². The number of ether oxygens (including phenoxy) is 1. The van der Waals surface area contributed by atoms with Gasteiger partial charge in [-0.25, -0.2) is 4.57 Å². The first-order chi connectivity index (χ1) is 46.0. The second-order valence-electron chi connectivity index (χ2n) is 31.8. The second kappa shape index (κ2) is 47.3. The van der Waals surface area contributed by atoms with Crippen LogP contribution in [0, 0.1) is 22.2 Å². The van der Waals surface area contributed by atoms with Crippen LogP contribution in [0.2, 0.25) is 0 Å². The molecule has 534 valence electrons. The predicted octanol–water partition coefficient (Wildman–Crippen LogP) is 22.0. The maximum absolute atomic E-state index is 9.52. The number of pyridine rings is 6. The zero-order valence-corrected chi connectivity index (χ0v) is 65.1. The standard InChI is InChI=1S/3C10H15N.C10H12O.C10H14O.2C9H13N.C9H14N.C9H12O.C3H8/c1-10(2,3)8-9-4-6-11-7-5-9;1-10(2,3)7-9-5-4-6-11-8-9;1-10(2,3)8-9-6-4-5-7-11-9;1-7-9-5-3-2-4-8(9)6-10(7)11;1-9(8-11)7-10-5-3-2-4-6-10;1-9(2,3)8-4-6-10-7-5-8;1-9(2,3)8-5-4-6-10-7-8;1-9(2,3)10-7-5-4-6-8-10;1-2-8-10-9-6-4-3-5-7-9;1-3-2/h4-7H,8H2,1-3H3;4-6,8H,7H2,1-3H3;4-7H,8H2,1-3H3;2-5,7,10-11H,6H2,1H3;2-6,9,11H,7-8H2,1H3;2*4-7H,1-3H3;4-8H,1-3H3;3-7H,2,8H2,1H3;3H2,1-2H3/q;;;;;;;+1;;/t;;;7-,10?;;;;;;/m...1....../s1. The molecule has 0 fully saturated rings. The Kier molecular flexibility index (Phi) is 42.6. The average molecular weight is 1330 g/mol. The Morgan fingerprint density at radius 1 is 0.469 bits per heavy atom. The van der Waals surface area contributed by atoms with Crippen molar-refractivity contribution >= 4 is 0 Å². The van der Waals surface area contributed by atoms with Gasteiger partial charge in [-0.2, -0.15) is 0 Å². The number of fused-ring (bicyclic) bond motifs is 1. The fourth-order valence-corrected chi connectivity index (χ4v) is 9.37. The molecule has 3 atom stereocenters. The first kappa shape index (κ1) is 88.3. The molecule has 0 spiro atoms. The van der Waals surface area contributed by atoms with Crippen molar-refractivity contribution in [1.82, 2.24) is 24.9 Å². The lowest BCUT2D eigenvalue weighted by molar-refractivity contribution is -0.754. The first-order valence-corrected chi connectivity index (χ1v) is 35.6. The molecule has 9 aromatic rings. The molecule has 0 amide bonds. The summed E-state index contributed by atoms with van der Waals surface area (Å²) in [5.41, 5.74) is 12.2. The van der Waals surface area contributed by atoms with Crippen LogP contribution in [0.3, 0.4) is 0 Å². The predicted molar refractivity (Wildman–Crippen MR) is 419 cm³/mol. The quantitative estimate of drug-likeness (QED) is 0.137. The van der Waals surface area contributed by atoms with Gasteiger partial charge in [0, 0.05) is 107 Å². The Labute approximate surface area is 597 Å². The van der Waals surface area contributed by atoms with Gasteiger partial charge in [0.05, 0.1) is 12.7 Å². The number of aliphatic hydroxyl groups excluding tert-OH is 2. The maximum Gasteiger partial charge on any atom is 0.169 e. The van der Waals surface area contributed by atoms with Crippen molar-refractivity contribution in [2.45, 2.75) is 233 Å². The lowest BCUT2D eigenvalue weighted by atomic mass is 9.88. The van der Waals surface area contributed by atoms with Gasteiger partial charge in [0.1, 0.15) is 5.75 Å². The van der Waals surface area contributed by atoms with Crippen LogP contribution in [0.1, 0.15) is 223 Å². The van der Waals surface area contributed by atoms with E-state index < -0.39 is 0 Å². The van der Waals surface area contributed by atoms with Crippen LogP contribution in [0.15, 0.2) is 238 Å². The number of hydrogen-bond acceptors (Lipinski definition) is 8. The number of aromatic nitrogens is 6. The largest absolute Gasteiger partial charge is 0.494 e. The number of hydrogen-bond donors (Lipinski definition) is 2. The zero-order valence-electron chi connectivity index (χ0n) is 65.1. The molecular formula is C89H131N6O3+. The van der Waals surface area contributed by atoms with Crippen molar-refractivity contribution in [3.63, 3.8) is 0 Å². The zero-order chi connectivity index (χ0) is 73.7. The molecule has 1 aliphatic rings. The minimum Gasteiger partial charge on any atom is -0.494 e. The van der Waals surface area contributed by atoms with Crippen molar-refractivity contribution in [3.8, 4) is 5.75 Å². The molecule has 10 rings (SSSR count). The van der Waals surface area contributed by atoms with Gasteiger partial charge in [-0.05, 0) is 171 Å². The summed E-state index contributed by atoms with van der Waals surface area (Å²) in [6.45, 7) is 51.4. The highest BCUT2D eigenvalue weighted by Crippen LogP contribution is 2.32. The number of rotatable bonds is 9. The Balaban J connectivity index is 0.000000548. The summed E-state index contributed by atoms with van der Waals surface area (Å²) in [6, 6.07) is 57.0. The fourth-order valence-electron chi connectivity index (χ4n) is 9.37. The Hall–Kier alpha value is -7.72. The van der Waals surface area contributed by atoms with Gasteiger partial charge < -0.3 is 14.9 Å². The van der Waals surface area contributed by atoms with Crippen LogP contribution < -0.4 is 9.30 Å². The molecule has 0 saturated carbocycles. The molecule has 1 aliphatic carbocycles. The van der Waals surface area contributed by atoms with Crippen molar-refractivity contribution < 1.29 is 19.5 Å². The molecule has 2 unspecified atom stereocenters. The van der Waals surface area contributed by atoms with E-state index >= 15 is 0 Å². The van der Waals surface area contributed by atoms with Crippen molar-refractivity contribution in [2.75, 3.05) is 13.2 Å². The number of benzene rings is 3. The molecule has 0 radical (unpaired) electrons. The number of para-hydroxylation sites is 1. The van der Waals surface area contributed by atoms with Crippen LogP contribution in [-0.4, -0.2) is 54.5 Å². The van der Waals surface area contributed by atoms with E-state index in [1.807, 2.05) is 160 Å². The summed E-state index contributed by atoms with van der Waals surface area (Å²) >= 11 is 0. The molecule has 0 saturated heterocycles. The van der Waals surface area contributed by atoms with Crippen LogP contribution in [0.25, 0.3) is 0 Å². The molecular weight excluding hydrogens is 1200 g/mol. The monoisotopic (exact) mass is 1330 g/mol. The lowest BCUT2D eigenvalue weighted by Crippen LogP contribution is -2.49. The highest BCUT2D eigenvalue weighted by atomic mass is 16.5. The molecule has 2 N–H and O–H groups in total. The number of aliphatic hydroxyl groups is 2. The third-order valence-electron chi connectivity index (χ3n) is 14.4. The van der Waals surface area contributed by atoms with E-state index in [-0.39, 0.29) is 29.1 Å². The van der Waals surface area contributed by atoms with Gasteiger partial charge in [-0.1, -0.05) is 242 Å². The average Bonchev–Trinajstić information content (AvgIpc) is 1.66. The topological polar surface area (TPSA) is 118 Å². The third-order valence-corrected chi connectivity index (χ3v) is 14.4. The first-order valence-electron chi connectivity index (χ1n) is 35.6. The van der Waals surface area contributed by atoms with Crippen LogP contribution in [0.5, 0.6) is 5.75 Å². The minimum absolute atomic E-state index is 0.160. The molecule has 9 nitrogen and oxygen atoms in total. The smallest absolute Gasteiger partial charge is 0.169 e. The lowest BCUT2D eigenvalue weighted by Gasteiger charge is -2.17. The Morgan fingerprint density at radius 3 is 1.36 bits per heavy atom. The van der Waals surface area contributed by atoms with Crippen LogP contribution >= 0.6 is 0 Å². The van der Waals surface area contributed by atoms with Gasteiger partial charge in [-0.3, -0.25) is 24.9 Å². The van der Waals surface area contributed by atoms with Crippen molar-refractivity contribution in [2.24, 2.45) is 22.2 Å². The van der Waals surface area contributed by atoms with Gasteiger partial charge >= 0.3 is 0 Å². The summed E-state index contributed by atoms with van der Waals surface area (Å²) < 4.78 is 7.54. The van der Waals surface area contributed by atoms with Crippen LogP contribution in [-0.2, 0) is 48.5 Å². The highest BCUT2D eigenvalue weighted by Gasteiger charge is 2.26. The van der Waals surface area contributed by atoms with E-state index in [1.54, 1.807) is 6.20 Å². The van der Waals surface area contributed by atoms with E-state index in [2.05, 4.69) is 261 Å². The number of nitrogens with zero attached hydrogens (tertiary/aromatic N) is 6. The molecule has 0 aliphatic heterocycles. The molecule has 98 heavy (non-hydrogen) atoms.